The van der Waals surface area contributed by atoms with E-state index in [1.807, 2.05) is 36.4 Å². The Morgan fingerprint density at radius 1 is 0.852 bits per heavy atom. The predicted molar refractivity (Wildman–Crippen MR) is 104 cm³/mol. The van der Waals surface area contributed by atoms with E-state index in [2.05, 4.69) is 0 Å². The molecule has 0 fully saturated rings. The number of hydrogen-bond donors (Lipinski definition) is 0. The van der Waals surface area contributed by atoms with Gasteiger partial charge in [0, 0.05) is 11.1 Å². The second-order valence-electron chi connectivity index (χ2n) is 6.33. The molecule has 142 valence electrons. The van der Waals surface area contributed by atoms with Crippen molar-refractivity contribution in [2.24, 2.45) is 0 Å². The van der Waals surface area contributed by atoms with Gasteiger partial charge in [-0.05, 0) is 66.8 Å². The third kappa shape index (κ3) is 3.77. The van der Waals surface area contributed by atoms with Crippen LogP contribution in [-0.2, 0) is 6.42 Å². The number of Topliss-reactive ketones (excluding diaryl/α,β-unsaturated/α-hetero) is 1. The first kappa shape index (κ1) is 18.8. The van der Waals surface area contributed by atoms with Crippen molar-refractivity contribution in [3.63, 3.8) is 0 Å². The van der Waals surface area contributed by atoms with Crippen LogP contribution in [0.15, 0.2) is 35.9 Å². The van der Waals surface area contributed by atoms with E-state index in [9.17, 15) is 4.79 Å². The lowest BCUT2D eigenvalue weighted by molar-refractivity contribution is 0.103. The van der Waals surface area contributed by atoms with Crippen molar-refractivity contribution in [3.8, 4) is 23.0 Å². The molecule has 0 atom stereocenters. The number of benzene rings is 2. The van der Waals surface area contributed by atoms with Gasteiger partial charge in [0.2, 0.25) is 5.75 Å². The maximum absolute atomic E-state index is 13.1. The molecule has 1 aliphatic rings. The monoisotopic (exact) mass is 368 g/mol. The molecule has 0 amide bonds. The van der Waals surface area contributed by atoms with Gasteiger partial charge in [-0.2, -0.15) is 0 Å². The van der Waals surface area contributed by atoms with Gasteiger partial charge in [0.05, 0.1) is 28.4 Å². The van der Waals surface area contributed by atoms with Crippen molar-refractivity contribution in [1.29, 1.82) is 0 Å². The smallest absolute Gasteiger partial charge is 0.203 e. The fraction of sp³-hybridized carbons (Fsp3) is 0.318. The van der Waals surface area contributed by atoms with E-state index in [0.29, 0.717) is 23.7 Å². The average molecular weight is 368 g/mol. The van der Waals surface area contributed by atoms with E-state index in [4.69, 9.17) is 18.9 Å². The van der Waals surface area contributed by atoms with Crippen molar-refractivity contribution >= 4 is 11.9 Å². The third-order valence-corrected chi connectivity index (χ3v) is 4.77. The molecule has 0 aliphatic heterocycles. The van der Waals surface area contributed by atoms with Crippen molar-refractivity contribution in [2.75, 3.05) is 28.4 Å². The summed E-state index contributed by atoms with van der Waals surface area (Å²) in [5.41, 5.74) is 3.39. The Kier molecular flexibility index (Phi) is 5.69. The van der Waals surface area contributed by atoms with E-state index in [0.717, 1.165) is 40.9 Å². The normalized spacial score (nSPS) is 15.1. The summed E-state index contributed by atoms with van der Waals surface area (Å²) in [6.45, 7) is 0. The summed E-state index contributed by atoms with van der Waals surface area (Å²) in [4.78, 5) is 13.1. The van der Waals surface area contributed by atoms with Crippen molar-refractivity contribution in [2.45, 2.75) is 19.3 Å². The third-order valence-electron chi connectivity index (χ3n) is 4.77. The van der Waals surface area contributed by atoms with Crippen LogP contribution in [0.1, 0.15) is 34.3 Å². The molecule has 5 heteroatoms. The Labute approximate surface area is 159 Å². The molecule has 2 aromatic carbocycles. The van der Waals surface area contributed by atoms with Gasteiger partial charge >= 0.3 is 0 Å². The highest BCUT2D eigenvalue weighted by molar-refractivity contribution is 6.12. The van der Waals surface area contributed by atoms with E-state index >= 15 is 0 Å². The highest BCUT2D eigenvalue weighted by Crippen LogP contribution is 2.39. The number of fused-ring (bicyclic) bond motifs is 1. The zero-order valence-corrected chi connectivity index (χ0v) is 16.1. The highest BCUT2D eigenvalue weighted by atomic mass is 16.5. The minimum absolute atomic E-state index is 0.0545. The Bertz CT molecular complexity index is 857. The predicted octanol–water partition coefficient (Wildman–Crippen LogP) is 4.32. The minimum atomic E-state index is 0.0545. The topological polar surface area (TPSA) is 54.0 Å². The fourth-order valence-electron chi connectivity index (χ4n) is 3.40. The molecular weight excluding hydrogens is 344 g/mol. The zero-order valence-electron chi connectivity index (χ0n) is 16.1. The van der Waals surface area contributed by atoms with E-state index in [1.54, 1.807) is 28.4 Å². The Morgan fingerprint density at radius 3 is 2.15 bits per heavy atom. The van der Waals surface area contributed by atoms with Gasteiger partial charge in [-0.25, -0.2) is 0 Å². The van der Waals surface area contributed by atoms with Crippen LogP contribution in [0.25, 0.3) is 6.08 Å². The number of allylic oxidation sites excluding steroid dienone is 1. The average Bonchev–Trinajstić information content (AvgIpc) is 2.85. The number of rotatable bonds is 5. The molecule has 1 aliphatic carbocycles. The molecule has 0 aromatic heterocycles. The van der Waals surface area contributed by atoms with Crippen LogP contribution >= 0.6 is 0 Å². The van der Waals surface area contributed by atoms with Gasteiger partial charge in [-0.15, -0.1) is 0 Å². The van der Waals surface area contributed by atoms with Crippen molar-refractivity contribution in [3.05, 3.63) is 52.6 Å². The summed E-state index contributed by atoms with van der Waals surface area (Å²) >= 11 is 0. The van der Waals surface area contributed by atoms with Crippen LogP contribution in [0.5, 0.6) is 23.0 Å². The molecule has 0 saturated heterocycles. The number of aryl methyl sites for hydroxylation is 1. The lowest BCUT2D eigenvalue weighted by atomic mass is 9.98. The van der Waals surface area contributed by atoms with Crippen LogP contribution in [0.2, 0.25) is 0 Å². The molecule has 0 radical (unpaired) electrons. The molecule has 0 heterocycles. The standard InChI is InChI=1S/C22H24O5/c1-24-17-8-9-18-15(13-17)6-5-7-16(21(18)23)10-14-11-19(25-2)22(27-4)20(12-14)26-3/h8-13H,5-7H2,1-4H3/b16-10+. The molecule has 2 aromatic rings. The van der Waals surface area contributed by atoms with Crippen LogP contribution in [0.4, 0.5) is 0 Å². The molecule has 5 nitrogen and oxygen atoms in total. The first-order chi connectivity index (χ1) is 13.1. The molecule has 0 unspecified atom stereocenters. The molecule has 27 heavy (non-hydrogen) atoms. The highest BCUT2D eigenvalue weighted by Gasteiger charge is 2.21. The number of hydrogen-bond acceptors (Lipinski definition) is 5. The Hall–Kier alpha value is -2.95. The molecule has 0 spiro atoms. The van der Waals surface area contributed by atoms with Crippen LogP contribution < -0.4 is 18.9 Å². The summed E-state index contributed by atoms with van der Waals surface area (Å²) in [5, 5.41) is 0. The molecule has 0 saturated carbocycles. The molecule has 0 N–H and O–H groups in total. The minimum Gasteiger partial charge on any atom is -0.497 e. The number of methoxy groups -OCH3 is 4. The number of ether oxygens (including phenoxy) is 4. The largest absolute Gasteiger partial charge is 0.497 e. The molecule has 0 bridgehead atoms. The van der Waals surface area contributed by atoms with Crippen LogP contribution in [-0.4, -0.2) is 34.2 Å². The second-order valence-corrected chi connectivity index (χ2v) is 6.33. The van der Waals surface area contributed by atoms with Crippen LogP contribution in [0, 0.1) is 0 Å². The van der Waals surface area contributed by atoms with Gasteiger partial charge in [-0.1, -0.05) is 0 Å². The number of carbonyl (C=O) groups excluding carboxylic acids is 1. The van der Waals surface area contributed by atoms with E-state index < -0.39 is 0 Å². The molecular formula is C22H24O5. The second kappa shape index (κ2) is 8.16. The van der Waals surface area contributed by atoms with Crippen molar-refractivity contribution in [1.82, 2.24) is 0 Å². The van der Waals surface area contributed by atoms with Crippen molar-refractivity contribution < 1.29 is 23.7 Å². The van der Waals surface area contributed by atoms with E-state index in [1.165, 1.54) is 0 Å². The van der Waals surface area contributed by atoms with Gasteiger partial charge in [0.25, 0.3) is 0 Å². The zero-order chi connectivity index (χ0) is 19.4. The van der Waals surface area contributed by atoms with Crippen LogP contribution in [0.3, 0.4) is 0 Å². The Morgan fingerprint density at radius 2 is 1.56 bits per heavy atom. The van der Waals surface area contributed by atoms with Gasteiger partial charge in [0.15, 0.2) is 17.3 Å². The lowest BCUT2D eigenvalue weighted by Crippen LogP contribution is -2.04. The fourth-order valence-corrected chi connectivity index (χ4v) is 3.40. The summed E-state index contributed by atoms with van der Waals surface area (Å²) in [5.74, 6) is 2.49. The maximum atomic E-state index is 13.1. The summed E-state index contributed by atoms with van der Waals surface area (Å²) in [7, 11) is 6.36. The molecule has 3 rings (SSSR count). The first-order valence-corrected chi connectivity index (χ1v) is 8.83. The first-order valence-electron chi connectivity index (χ1n) is 8.83. The maximum Gasteiger partial charge on any atom is 0.203 e. The Balaban J connectivity index is 2.02. The quantitative estimate of drug-likeness (QED) is 0.581. The summed E-state index contributed by atoms with van der Waals surface area (Å²) < 4.78 is 21.5. The van der Waals surface area contributed by atoms with Gasteiger partial charge < -0.3 is 18.9 Å². The summed E-state index contributed by atoms with van der Waals surface area (Å²) in [6.07, 6.45) is 4.38. The number of ketones is 1. The van der Waals surface area contributed by atoms with Gasteiger partial charge in [0.1, 0.15) is 5.75 Å². The lowest BCUT2D eigenvalue weighted by Gasteiger charge is -2.13. The number of carbonyl (C=O) groups is 1. The van der Waals surface area contributed by atoms with Gasteiger partial charge in [-0.3, -0.25) is 4.79 Å². The van der Waals surface area contributed by atoms with E-state index in [-0.39, 0.29) is 5.78 Å². The SMILES string of the molecule is COc1ccc2c(c1)CCC/C(=C\c1cc(OC)c(OC)c(OC)c1)C2=O. The summed E-state index contributed by atoms with van der Waals surface area (Å²) in [6, 6.07) is 9.34.